The second-order valence-electron chi connectivity index (χ2n) is 13.9. The first-order chi connectivity index (χ1) is 25.9. The van der Waals surface area contributed by atoms with Gasteiger partial charge in [0.25, 0.3) is 0 Å². The smallest absolute Gasteiger partial charge is 0.0998 e. The van der Waals surface area contributed by atoms with Crippen LogP contribution >= 0.6 is 0 Å². The molecule has 7 aromatic carbocycles. The molecule has 1 aliphatic rings. The molecule has 1 aliphatic heterocycles. The minimum absolute atomic E-state index is 0.347. The Balaban J connectivity index is 1.29. The summed E-state index contributed by atoms with van der Waals surface area (Å²) in [5.74, 6) is 0. The Kier molecular flexibility index (Phi) is 7.23. The van der Waals surface area contributed by atoms with Crippen molar-refractivity contribution in [2.45, 2.75) is 19.3 Å². The number of rotatable bonds is 4. The first-order valence-electron chi connectivity index (χ1n) is 17.5. The van der Waals surface area contributed by atoms with Gasteiger partial charge in [-0.1, -0.05) is 92.7 Å². The summed E-state index contributed by atoms with van der Waals surface area (Å²) in [5, 5.41) is 33.4. The predicted octanol–water partition coefficient (Wildman–Crippen LogP) is 11.8. The van der Waals surface area contributed by atoms with E-state index in [2.05, 4.69) is 133 Å². The summed E-state index contributed by atoms with van der Waals surface area (Å²) in [6.45, 7) is 4.50. The average Bonchev–Trinajstić information content (AvgIpc) is 3.55. The second-order valence-corrected chi connectivity index (χ2v) is 13.9. The lowest BCUT2D eigenvalue weighted by Crippen LogP contribution is -2.30. The molecule has 0 bridgehead atoms. The highest BCUT2D eigenvalue weighted by Gasteiger charge is 2.37. The van der Waals surface area contributed by atoms with E-state index in [1.54, 1.807) is 6.07 Å². The van der Waals surface area contributed by atoms with Crippen LogP contribution in [0.25, 0.3) is 49.7 Å². The summed E-state index contributed by atoms with van der Waals surface area (Å²) in [5.41, 5.74) is 12.4. The number of nitriles is 3. The molecule has 9 rings (SSSR count). The van der Waals surface area contributed by atoms with Crippen molar-refractivity contribution in [2.75, 3.05) is 4.90 Å². The highest BCUT2D eigenvalue weighted by atomic mass is 15.2. The zero-order chi connectivity index (χ0) is 36.3. The van der Waals surface area contributed by atoms with Crippen molar-refractivity contribution in [1.82, 2.24) is 4.57 Å². The number of aromatic nitrogens is 1. The highest BCUT2D eigenvalue weighted by molar-refractivity contribution is 6.10. The zero-order valence-electron chi connectivity index (χ0n) is 29.2. The van der Waals surface area contributed by atoms with Crippen molar-refractivity contribution in [2.24, 2.45) is 0 Å². The lowest BCUT2D eigenvalue weighted by atomic mass is 9.72. The van der Waals surface area contributed by atoms with E-state index in [0.29, 0.717) is 22.3 Å². The topological polar surface area (TPSA) is 79.5 Å². The summed E-state index contributed by atoms with van der Waals surface area (Å²) in [7, 11) is 0. The van der Waals surface area contributed by atoms with Gasteiger partial charge in [-0.3, -0.25) is 0 Å². The fourth-order valence-electron chi connectivity index (χ4n) is 8.17. The molecular weight excluding hydrogens is 647 g/mol. The Labute approximate surface area is 308 Å². The Bertz CT molecular complexity index is 2860. The standard InChI is InChI=1S/C48H31N5/c1-48(2)41-16-8-11-19-46(41)52(35-12-4-3-5-13-35)47-23-21-32(26-42(47)48)38-27-39(34(30-51)25-33(38)29-50)40-24-31(28-49)20-22-45(40)53-43-17-9-6-14-36(43)37-15-7-10-18-44(37)53/h3-27H,1-2H3. The maximum absolute atomic E-state index is 10.6. The van der Waals surface area contributed by atoms with Gasteiger partial charge in [-0.2, -0.15) is 15.8 Å². The predicted molar refractivity (Wildman–Crippen MR) is 213 cm³/mol. The molecule has 0 fully saturated rings. The van der Waals surface area contributed by atoms with Gasteiger partial charge < -0.3 is 9.47 Å². The maximum atomic E-state index is 10.6. The molecule has 0 atom stereocenters. The van der Waals surface area contributed by atoms with Gasteiger partial charge in [-0.25, -0.2) is 0 Å². The first-order valence-corrected chi connectivity index (χ1v) is 17.5. The van der Waals surface area contributed by atoms with Crippen molar-refractivity contribution in [3.05, 3.63) is 179 Å². The minimum atomic E-state index is -0.347. The Morgan fingerprint density at radius 1 is 0.472 bits per heavy atom. The number of nitrogens with zero attached hydrogens (tertiary/aromatic N) is 5. The molecule has 5 nitrogen and oxygen atoms in total. The molecule has 0 aliphatic carbocycles. The number of para-hydroxylation sites is 4. The van der Waals surface area contributed by atoms with Crippen LogP contribution in [0.4, 0.5) is 17.1 Å². The van der Waals surface area contributed by atoms with Crippen LogP contribution in [0.3, 0.4) is 0 Å². The van der Waals surface area contributed by atoms with E-state index in [0.717, 1.165) is 66.8 Å². The molecule has 53 heavy (non-hydrogen) atoms. The number of benzene rings is 7. The molecule has 0 saturated carbocycles. The van der Waals surface area contributed by atoms with E-state index in [9.17, 15) is 15.8 Å². The van der Waals surface area contributed by atoms with Gasteiger partial charge in [0, 0.05) is 38.6 Å². The van der Waals surface area contributed by atoms with Crippen LogP contribution in [0.5, 0.6) is 0 Å². The van der Waals surface area contributed by atoms with Gasteiger partial charge in [0.05, 0.1) is 63.0 Å². The van der Waals surface area contributed by atoms with Crippen LogP contribution in [-0.4, -0.2) is 4.57 Å². The van der Waals surface area contributed by atoms with E-state index in [4.69, 9.17) is 0 Å². The summed E-state index contributed by atoms with van der Waals surface area (Å²) >= 11 is 0. The Hall–Kier alpha value is -7.39. The van der Waals surface area contributed by atoms with Gasteiger partial charge in [0.15, 0.2) is 0 Å². The summed E-state index contributed by atoms with van der Waals surface area (Å²) in [6, 6.07) is 58.3. The van der Waals surface area contributed by atoms with Crippen molar-refractivity contribution < 1.29 is 0 Å². The third kappa shape index (κ3) is 4.82. The summed E-state index contributed by atoms with van der Waals surface area (Å²) < 4.78 is 2.21. The number of hydrogen-bond donors (Lipinski definition) is 0. The van der Waals surface area contributed by atoms with Crippen LogP contribution in [0.2, 0.25) is 0 Å². The number of anilines is 3. The number of hydrogen-bond acceptors (Lipinski definition) is 4. The molecule has 248 valence electrons. The Morgan fingerprint density at radius 3 is 1.77 bits per heavy atom. The van der Waals surface area contributed by atoms with Crippen molar-refractivity contribution in [1.29, 1.82) is 15.8 Å². The molecule has 5 heteroatoms. The summed E-state index contributed by atoms with van der Waals surface area (Å²) in [4.78, 5) is 2.31. The molecule has 1 aromatic heterocycles. The average molecular weight is 678 g/mol. The van der Waals surface area contributed by atoms with Gasteiger partial charge >= 0.3 is 0 Å². The zero-order valence-corrected chi connectivity index (χ0v) is 29.2. The fraction of sp³-hybridized carbons (Fsp3) is 0.0625. The van der Waals surface area contributed by atoms with Crippen molar-refractivity contribution in [3.63, 3.8) is 0 Å². The molecule has 2 heterocycles. The van der Waals surface area contributed by atoms with Gasteiger partial charge in [-0.05, 0) is 89.5 Å². The van der Waals surface area contributed by atoms with E-state index >= 15 is 0 Å². The van der Waals surface area contributed by atoms with Crippen LogP contribution in [0, 0.1) is 34.0 Å². The van der Waals surface area contributed by atoms with Crippen LogP contribution in [0.1, 0.15) is 41.7 Å². The van der Waals surface area contributed by atoms with Gasteiger partial charge in [-0.15, -0.1) is 0 Å². The van der Waals surface area contributed by atoms with E-state index < -0.39 is 0 Å². The normalized spacial score (nSPS) is 12.8. The lowest BCUT2D eigenvalue weighted by Gasteiger charge is -2.42. The van der Waals surface area contributed by atoms with E-state index in [1.807, 2.05) is 54.6 Å². The molecule has 0 spiro atoms. The fourth-order valence-corrected chi connectivity index (χ4v) is 8.17. The van der Waals surface area contributed by atoms with Crippen molar-refractivity contribution in [3.8, 4) is 46.1 Å². The quantitative estimate of drug-likeness (QED) is 0.186. The molecule has 8 aromatic rings. The molecule has 0 unspecified atom stereocenters. The van der Waals surface area contributed by atoms with Gasteiger partial charge in [0.2, 0.25) is 0 Å². The maximum Gasteiger partial charge on any atom is 0.0998 e. The minimum Gasteiger partial charge on any atom is -0.310 e. The molecule has 0 amide bonds. The largest absolute Gasteiger partial charge is 0.310 e. The second kappa shape index (κ2) is 12.1. The first kappa shape index (κ1) is 31.6. The third-order valence-corrected chi connectivity index (χ3v) is 10.7. The van der Waals surface area contributed by atoms with Crippen molar-refractivity contribution >= 4 is 38.9 Å². The van der Waals surface area contributed by atoms with Crippen LogP contribution < -0.4 is 4.90 Å². The van der Waals surface area contributed by atoms with E-state index in [-0.39, 0.29) is 5.41 Å². The monoisotopic (exact) mass is 677 g/mol. The Morgan fingerprint density at radius 2 is 1.08 bits per heavy atom. The third-order valence-electron chi connectivity index (χ3n) is 10.7. The summed E-state index contributed by atoms with van der Waals surface area (Å²) in [6.07, 6.45) is 0. The molecular formula is C48H31N5. The number of fused-ring (bicyclic) bond motifs is 5. The highest BCUT2D eigenvalue weighted by Crippen LogP contribution is 2.53. The molecule has 0 N–H and O–H groups in total. The molecule has 0 radical (unpaired) electrons. The van der Waals surface area contributed by atoms with Crippen LogP contribution in [0.15, 0.2) is 152 Å². The van der Waals surface area contributed by atoms with Crippen LogP contribution in [-0.2, 0) is 5.41 Å². The van der Waals surface area contributed by atoms with Gasteiger partial charge in [0.1, 0.15) is 0 Å². The lowest BCUT2D eigenvalue weighted by molar-refractivity contribution is 0.632. The SMILES string of the molecule is CC1(C)c2ccccc2N(c2ccccc2)c2ccc(-c3cc(-c4cc(C#N)ccc4-n4c5ccccc5c5ccccc54)c(C#N)cc3C#N)cc21. The molecule has 0 saturated heterocycles. The van der Waals surface area contributed by atoms with E-state index in [1.165, 1.54) is 5.56 Å².